The lowest BCUT2D eigenvalue weighted by Crippen LogP contribution is -2.46. The molecule has 6 nitrogen and oxygen atoms in total. The molecule has 138 valence electrons. The Bertz CT molecular complexity index is 558. The summed E-state index contributed by atoms with van der Waals surface area (Å²) in [5, 5.41) is 13.3. The maximum Gasteiger partial charge on any atom is 0.317 e. The average Bonchev–Trinajstić information content (AvgIpc) is 3.05. The molecule has 0 spiro atoms. The smallest absolute Gasteiger partial charge is 0.317 e. The Morgan fingerprint density at radius 2 is 1.92 bits per heavy atom. The van der Waals surface area contributed by atoms with Crippen molar-refractivity contribution in [3.63, 3.8) is 0 Å². The van der Waals surface area contributed by atoms with Crippen LogP contribution < -0.4 is 10.1 Å². The lowest BCUT2D eigenvalue weighted by molar-refractivity contribution is 0.0706. The number of hydrogen-bond donors (Lipinski definition) is 2. The van der Waals surface area contributed by atoms with Gasteiger partial charge in [-0.25, -0.2) is 4.79 Å². The molecule has 0 radical (unpaired) electrons. The first-order valence-electron chi connectivity index (χ1n) is 9.25. The number of nitrogens with zero attached hydrogens (tertiary/aromatic N) is 2. The van der Waals surface area contributed by atoms with Crippen LogP contribution in [0.2, 0.25) is 0 Å². The van der Waals surface area contributed by atoms with Crippen LogP contribution in [0.5, 0.6) is 5.75 Å². The summed E-state index contributed by atoms with van der Waals surface area (Å²) < 4.78 is 5.15. The van der Waals surface area contributed by atoms with Crippen LogP contribution in [0.4, 0.5) is 4.79 Å². The van der Waals surface area contributed by atoms with E-state index in [1.165, 1.54) is 19.3 Å². The van der Waals surface area contributed by atoms with E-state index in [4.69, 9.17) is 4.74 Å². The highest BCUT2D eigenvalue weighted by atomic mass is 16.5. The molecular formula is C19H29N3O3. The summed E-state index contributed by atoms with van der Waals surface area (Å²) >= 11 is 0. The highest BCUT2D eigenvalue weighted by molar-refractivity contribution is 5.74. The molecule has 6 heteroatoms. The number of rotatable bonds is 5. The molecule has 2 aliphatic heterocycles. The number of likely N-dealkylation sites (tertiary alicyclic amines) is 2. The Morgan fingerprint density at radius 3 is 2.60 bits per heavy atom. The van der Waals surface area contributed by atoms with Gasteiger partial charge in [-0.05, 0) is 50.0 Å². The topological polar surface area (TPSA) is 65.0 Å². The number of urea groups is 1. The first-order chi connectivity index (χ1) is 12.2. The van der Waals surface area contributed by atoms with Crippen LogP contribution in [0.15, 0.2) is 24.3 Å². The molecule has 0 unspecified atom stereocenters. The lowest BCUT2D eigenvalue weighted by atomic mass is 10.1. The number of methoxy groups -OCH3 is 1. The molecule has 2 N–H and O–H groups in total. The molecule has 2 atom stereocenters. The van der Waals surface area contributed by atoms with Crippen molar-refractivity contribution in [2.75, 3.05) is 39.8 Å². The van der Waals surface area contributed by atoms with Gasteiger partial charge < -0.3 is 20.1 Å². The monoisotopic (exact) mass is 347 g/mol. The summed E-state index contributed by atoms with van der Waals surface area (Å²) in [4.78, 5) is 16.5. The van der Waals surface area contributed by atoms with Gasteiger partial charge >= 0.3 is 6.03 Å². The van der Waals surface area contributed by atoms with Gasteiger partial charge in [-0.2, -0.15) is 0 Å². The van der Waals surface area contributed by atoms with Gasteiger partial charge in [-0.1, -0.05) is 18.6 Å². The van der Waals surface area contributed by atoms with Crippen molar-refractivity contribution in [3.8, 4) is 5.75 Å². The van der Waals surface area contributed by atoms with Crippen molar-refractivity contribution in [1.82, 2.24) is 15.1 Å². The van der Waals surface area contributed by atoms with Gasteiger partial charge in [0.15, 0.2) is 0 Å². The zero-order valence-corrected chi connectivity index (χ0v) is 15.0. The molecule has 2 aliphatic rings. The number of aliphatic hydroxyl groups is 1. The van der Waals surface area contributed by atoms with E-state index in [9.17, 15) is 9.90 Å². The highest BCUT2D eigenvalue weighted by Gasteiger charge is 2.37. The van der Waals surface area contributed by atoms with E-state index < -0.39 is 6.10 Å². The number of aliphatic hydroxyl groups excluding tert-OH is 1. The fourth-order valence-corrected chi connectivity index (χ4v) is 3.76. The number of β-amino-alcohol motifs (C(OH)–C–C–N with tert-alkyl or cyclic N) is 1. The molecule has 2 amide bonds. The SMILES string of the molecule is COc1ccc(CCNC(=O)N2C[C@H](O)[C@@H](N3CCCCC3)C2)cc1. The number of amides is 2. The van der Waals surface area contributed by atoms with Gasteiger partial charge in [0.25, 0.3) is 0 Å². The minimum absolute atomic E-state index is 0.0768. The number of piperidine rings is 1. The molecule has 1 aromatic carbocycles. The Balaban J connectivity index is 1.43. The van der Waals surface area contributed by atoms with Gasteiger partial charge in [0.2, 0.25) is 0 Å². The third kappa shape index (κ3) is 4.64. The predicted octanol–water partition coefficient (Wildman–Crippen LogP) is 1.48. The fourth-order valence-electron chi connectivity index (χ4n) is 3.76. The van der Waals surface area contributed by atoms with Crippen molar-refractivity contribution < 1.29 is 14.6 Å². The molecule has 2 saturated heterocycles. The molecule has 0 saturated carbocycles. The molecule has 0 aromatic heterocycles. The minimum atomic E-state index is -0.439. The second-order valence-electron chi connectivity index (χ2n) is 6.97. The Kier molecular flexibility index (Phi) is 6.15. The van der Waals surface area contributed by atoms with E-state index in [1.807, 2.05) is 24.3 Å². The zero-order chi connectivity index (χ0) is 17.6. The fraction of sp³-hybridized carbons (Fsp3) is 0.632. The van der Waals surface area contributed by atoms with Crippen molar-refractivity contribution in [3.05, 3.63) is 29.8 Å². The van der Waals surface area contributed by atoms with E-state index in [0.717, 1.165) is 30.8 Å². The second kappa shape index (κ2) is 8.54. The molecule has 2 heterocycles. The zero-order valence-electron chi connectivity index (χ0n) is 15.0. The van der Waals surface area contributed by atoms with Gasteiger partial charge in [-0.3, -0.25) is 4.90 Å². The van der Waals surface area contributed by atoms with Crippen molar-refractivity contribution in [2.45, 2.75) is 37.8 Å². The van der Waals surface area contributed by atoms with Crippen molar-refractivity contribution >= 4 is 6.03 Å². The Hall–Kier alpha value is -1.79. The van der Waals surface area contributed by atoms with Crippen LogP contribution >= 0.6 is 0 Å². The molecule has 0 bridgehead atoms. The largest absolute Gasteiger partial charge is 0.497 e. The van der Waals surface area contributed by atoms with Gasteiger partial charge in [0, 0.05) is 19.6 Å². The molecule has 2 fully saturated rings. The Morgan fingerprint density at radius 1 is 1.20 bits per heavy atom. The van der Waals surface area contributed by atoms with Gasteiger partial charge in [-0.15, -0.1) is 0 Å². The molecular weight excluding hydrogens is 318 g/mol. The van der Waals surface area contributed by atoms with Crippen molar-refractivity contribution in [2.24, 2.45) is 0 Å². The van der Waals surface area contributed by atoms with E-state index in [2.05, 4.69) is 10.2 Å². The number of carbonyl (C=O) groups is 1. The number of nitrogens with one attached hydrogen (secondary N) is 1. The van der Waals surface area contributed by atoms with Crippen molar-refractivity contribution in [1.29, 1.82) is 0 Å². The summed E-state index contributed by atoms with van der Waals surface area (Å²) in [7, 11) is 1.65. The minimum Gasteiger partial charge on any atom is -0.497 e. The number of benzene rings is 1. The van der Waals surface area contributed by atoms with Crippen LogP contribution in [0.25, 0.3) is 0 Å². The average molecular weight is 347 g/mol. The summed E-state index contributed by atoms with van der Waals surface area (Å²) in [6.45, 7) is 3.71. The number of hydrogen-bond acceptors (Lipinski definition) is 4. The summed E-state index contributed by atoms with van der Waals surface area (Å²) in [6, 6.07) is 7.89. The Labute approximate surface area is 149 Å². The summed E-state index contributed by atoms with van der Waals surface area (Å²) in [6.07, 6.45) is 4.00. The molecule has 25 heavy (non-hydrogen) atoms. The highest BCUT2D eigenvalue weighted by Crippen LogP contribution is 2.20. The molecule has 0 aliphatic carbocycles. The van der Waals surface area contributed by atoms with Gasteiger partial charge in [0.05, 0.1) is 19.3 Å². The third-order valence-corrected chi connectivity index (χ3v) is 5.25. The second-order valence-corrected chi connectivity index (χ2v) is 6.97. The lowest BCUT2D eigenvalue weighted by Gasteiger charge is -2.33. The van der Waals surface area contributed by atoms with Crippen LogP contribution in [-0.4, -0.2) is 72.9 Å². The normalized spacial score (nSPS) is 24.3. The summed E-state index contributed by atoms with van der Waals surface area (Å²) in [5.74, 6) is 0.836. The quantitative estimate of drug-likeness (QED) is 0.847. The van der Waals surface area contributed by atoms with E-state index in [1.54, 1.807) is 12.0 Å². The molecule has 1 aromatic rings. The summed E-state index contributed by atoms with van der Waals surface area (Å²) in [5.41, 5.74) is 1.16. The number of ether oxygens (including phenoxy) is 1. The standard InChI is InChI=1S/C19H29N3O3/c1-25-16-7-5-15(6-8-16)9-10-20-19(24)22-13-17(18(23)14-22)21-11-3-2-4-12-21/h5-8,17-18,23H,2-4,9-14H2,1H3,(H,20,24)/t17-,18-/m0/s1. The number of carbonyl (C=O) groups excluding carboxylic acids is 1. The first kappa shape index (κ1) is 18.0. The predicted molar refractivity (Wildman–Crippen MR) is 96.9 cm³/mol. The van der Waals surface area contributed by atoms with Gasteiger partial charge in [0.1, 0.15) is 5.75 Å². The maximum atomic E-state index is 12.4. The van der Waals surface area contributed by atoms with E-state index in [0.29, 0.717) is 19.6 Å². The van der Waals surface area contributed by atoms with Crippen LogP contribution in [-0.2, 0) is 6.42 Å². The molecule has 3 rings (SSSR count). The maximum absolute atomic E-state index is 12.4. The van der Waals surface area contributed by atoms with Crippen LogP contribution in [0.3, 0.4) is 0 Å². The third-order valence-electron chi connectivity index (χ3n) is 5.25. The van der Waals surface area contributed by atoms with E-state index in [-0.39, 0.29) is 12.1 Å². The van der Waals surface area contributed by atoms with Crippen LogP contribution in [0, 0.1) is 0 Å². The first-order valence-corrected chi connectivity index (χ1v) is 9.25. The van der Waals surface area contributed by atoms with Crippen LogP contribution in [0.1, 0.15) is 24.8 Å². The van der Waals surface area contributed by atoms with E-state index >= 15 is 0 Å².